The first kappa shape index (κ1) is 14.9. The van der Waals surface area contributed by atoms with Gasteiger partial charge < -0.3 is 15.7 Å². The van der Waals surface area contributed by atoms with E-state index in [0.717, 1.165) is 5.69 Å². The molecule has 2 aromatic rings. The number of halogens is 1. The summed E-state index contributed by atoms with van der Waals surface area (Å²) in [6, 6.07) is 13.6. The third-order valence-corrected chi connectivity index (χ3v) is 3.05. The zero-order valence-electron chi connectivity index (χ0n) is 11.0. The molecule has 0 unspecified atom stereocenters. The quantitative estimate of drug-likeness (QED) is 0.793. The smallest absolute Gasteiger partial charge is 0.337 e. The fourth-order valence-electron chi connectivity index (χ4n) is 1.75. The summed E-state index contributed by atoms with van der Waals surface area (Å²) in [7, 11) is 0. The molecule has 108 valence electrons. The summed E-state index contributed by atoms with van der Waals surface area (Å²) in [5.74, 6) is -1.53. The van der Waals surface area contributed by atoms with E-state index in [0.29, 0.717) is 0 Å². The lowest BCUT2D eigenvalue weighted by Gasteiger charge is -2.11. The van der Waals surface area contributed by atoms with E-state index in [1.54, 1.807) is 0 Å². The van der Waals surface area contributed by atoms with Crippen LogP contribution in [0.1, 0.15) is 10.4 Å². The van der Waals surface area contributed by atoms with Gasteiger partial charge in [0.25, 0.3) is 0 Å². The predicted octanol–water partition coefficient (Wildman–Crippen LogP) is 3.09. The van der Waals surface area contributed by atoms with Crippen molar-refractivity contribution in [3.05, 3.63) is 59.1 Å². The van der Waals surface area contributed by atoms with Crippen LogP contribution >= 0.6 is 11.6 Å². The number of para-hydroxylation sites is 2. The van der Waals surface area contributed by atoms with Crippen molar-refractivity contribution in [3.63, 3.8) is 0 Å². The average molecular weight is 305 g/mol. The molecule has 0 spiro atoms. The molecule has 21 heavy (non-hydrogen) atoms. The van der Waals surface area contributed by atoms with Gasteiger partial charge >= 0.3 is 5.97 Å². The first-order valence-corrected chi connectivity index (χ1v) is 6.56. The molecule has 2 aromatic carbocycles. The molecule has 0 fully saturated rings. The van der Waals surface area contributed by atoms with Gasteiger partial charge in [-0.05, 0) is 24.3 Å². The number of hydrogen-bond acceptors (Lipinski definition) is 3. The molecule has 2 rings (SSSR count). The van der Waals surface area contributed by atoms with Gasteiger partial charge in [0.1, 0.15) is 0 Å². The lowest BCUT2D eigenvalue weighted by Crippen LogP contribution is -2.23. The largest absolute Gasteiger partial charge is 0.478 e. The molecule has 1 amide bonds. The van der Waals surface area contributed by atoms with E-state index in [4.69, 9.17) is 16.7 Å². The molecule has 0 saturated heterocycles. The fraction of sp³-hybridized carbons (Fsp3) is 0.0667. The summed E-state index contributed by atoms with van der Waals surface area (Å²) < 4.78 is 0. The van der Waals surface area contributed by atoms with Crippen molar-refractivity contribution in [1.29, 1.82) is 0 Å². The molecular weight excluding hydrogens is 292 g/mol. The van der Waals surface area contributed by atoms with Crippen molar-refractivity contribution in [2.24, 2.45) is 0 Å². The summed E-state index contributed by atoms with van der Waals surface area (Å²) in [4.78, 5) is 23.0. The number of carbonyl (C=O) groups excluding carboxylic acids is 1. The second-order valence-corrected chi connectivity index (χ2v) is 4.64. The fourth-order valence-corrected chi connectivity index (χ4v) is 1.97. The minimum absolute atomic E-state index is 0.00823. The summed E-state index contributed by atoms with van der Waals surface area (Å²) in [6.45, 7) is 0.00823. The number of nitrogens with one attached hydrogen (secondary N) is 2. The number of hydrogen-bond donors (Lipinski definition) is 3. The number of benzene rings is 2. The lowest BCUT2D eigenvalue weighted by molar-refractivity contribution is -0.114. The Labute approximate surface area is 126 Å². The summed E-state index contributed by atoms with van der Waals surface area (Å²) in [5, 5.41) is 14.7. The van der Waals surface area contributed by atoms with Gasteiger partial charge in [-0.2, -0.15) is 0 Å². The third kappa shape index (κ3) is 3.97. The van der Waals surface area contributed by atoms with Gasteiger partial charge in [0.2, 0.25) is 5.91 Å². The van der Waals surface area contributed by atoms with Crippen LogP contribution < -0.4 is 10.6 Å². The molecule has 6 heteroatoms. The minimum Gasteiger partial charge on any atom is -0.478 e. The van der Waals surface area contributed by atoms with Gasteiger partial charge in [0.05, 0.1) is 22.8 Å². The first-order chi connectivity index (χ1) is 10.1. The molecule has 0 aliphatic heterocycles. The van der Waals surface area contributed by atoms with Gasteiger partial charge in [-0.15, -0.1) is 0 Å². The predicted molar refractivity (Wildman–Crippen MR) is 82.0 cm³/mol. The highest BCUT2D eigenvalue weighted by Gasteiger charge is 2.15. The average Bonchev–Trinajstić information content (AvgIpc) is 2.48. The topological polar surface area (TPSA) is 78.4 Å². The van der Waals surface area contributed by atoms with Crippen molar-refractivity contribution >= 4 is 34.9 Å². The van der Waals surface area contributed by atoms with Crippen LogP contribution in [0.3, 0.4) is 0 Å². The lowest BCUT2D eigenvalue weighted by atomic mass is 10.2. The molecule has 0 saturated carbocycles. The van der Waals surface area contributed by atoms with E-state index in [1.165, 1.54) is 18.2 Å². The highest BCUT2D eigenvalue weighted by molar-refractivity contribution is 6.34. The number of rotatable bonds is 5. The Hall–Kier alpha value is -2.53. The van der Waals surface area contributed by atoms with Gasteiger partial charge in [-0.1, -0.05) is 35.9 Å². The van der Waals surface area contributed by atoms with Crippen LogP contribution in [-0.2, 0) is 4.79 Å². The maximum atomic E-state index is 11.9. The van der Waals surface area contributed by atoms with Crippen molar-refractivity contribution < 1.29 is 14.7 Å². The van der Waals surface area contributed by atoms with Crippen molar-refractivity contribution in [1.82, 2.24) is 0 Å². The molecule has 5 nitrogen and oxygen atoms in total. The van der Waals surface area contributed by atoms with Crippen molar-refractivity contribution in [2.75, 3.05) is 17.2 Å². The summed E-state index contributed by atoms with van der Waals surface area (Å²) in [6.07, 6.45) is 0. The molecule has 0 aliphatic rings. The van der Waals surface area contributed by atoms with E-state index < -0.39 is 5.97 Å². The van der Waals surface area contributed by atoms with E-state index in [-0.39, 0.29) is 28.7 Å². The first-order valence-electron chi connectivity index (χ1n) is 6.18. The number of anilines is 2. The Morgan fingerprint density at radius 1 is 1.05 bits per heavy atom. The van der Waals surface area contributed by atoms with Gasteiger partial charge in [0, 0.05) is 5.69 Å². The van der Waals surface area contributed by atoms with Crippen LogP contribution in [0.25, 0.3) is 0 Å². The van der Waals surface area contributed by atoms with Crippen LogP contribution in [0.4, 0.5) is 11.4 Å². The van der Waals surface area contributed by atoms with Gasteiger partial charge in [-0.25, -0.2) is 4.79 Å². The zero-order valence-corrected chi connectivity index (χ0v) is 11.7. The Morgan fingerprint density at radius 3 is 2.43 bits per heavy atom. The SMILES string of the molecule is O=C(CNc1ccccc1)Nc1c(Cl)cccc1C(=O)O. The molecule has 3 N–H and O–H groups in total. The van der Waals surface area contributed by atoms with Gasteiger partial charge in [0.15, 0.2) is 0 Å². The number of aromatic carboxylic acids is 1. The number of carboxylic acid groups (broad SMARTS) is 1. The van der Waals surface area contributed by atoms with E-state index in [2.05, 4.69) is 10.6 Å². The maximum absolute atomic E-state index is 11.9. The van der Waals surface area contributed by atoms with Crippen LogP contribution in [-0.4, -0.2) is 23.5 Å². The third-order valence-electron chi connectivity index (χ3n) is 2.74. The molecule has 0 aliphatic carbocycles. The molecule has 0 radical (unpaired) electrons. The number of amides is 1. The number of carboxylic acids is 1. The van der Waals surface area contributed by atoms with Crippen LogP contribution in [0.15, 0.2) is 48.5 Å². The Bertz CT molecular complexity index is 659. The second-order valence-electron chi connectivity index (χ2n) is 4.24. The normalized spacial score (nSPS) is 9.95. The molecule has 0 atom stereocenters. The second kappa shape index (κ2) is 6.76. The molecule has 0 bridgehead atoms. The molecule has 0 heterocycles. The standard InChI is InChI=1S/C15H13ClN2O3/c16-12-8-4-7-11(15(20)21)14(12)18-13(19)9-17-10-5-2-1-3-6-10/h1-8,17H,9H2,(H,18,19)(H,20,21). The van der Waals surface area contributed by atoms with Crippen LogP contribution in [0.5, 0.6) is 0 Å². The molecule has 0 aromatic heterocycles. The molecular formula is C15H13ClN2O3. The Balaban J connectivity index is 2.05. The van der Waals surface area contributed by atoms with Crippen LogP contribution in [0.2, 0.25) is 5.02 Å². The van der Waals surface area contributed by atoms with Gasteiger partial charge in [-0.3, -0.25) is 4.79 Å². The Morgan fingerprint density at radius 2 is 1.76 bits per heavy atom. The highest BCUT2D eigenvalue weighted by Crippen LogP contribution is 2.25. The monoisotopic (exact) mass is 304 g/mol. The number of carbonyl (C=O) groups is 2. The zero-order chi connectivity index (χ0) is 15.2. The highest BCUT2D eigenvalue weighted by atomic mass is 35.5. The van der Waals surface area contributed by atoms with Crippen molar-refractivity contribution in [2.45, 2.75) is 0 Å². The maximum Gasteiger partial charge on any atom is 0.337 e. The van der Waals surface area contributed by atoms with Crippen LogP contribution in [0, 0.1) is 0 Å². The van der Waals surface area contributed by atoms with E-state index in [9.17, 15) is 9.59 Å². The minimum atomic E-state index is -1.15. The van der Waals surface area contributed by atoms with E-state index >= 15 is 0 Å². The summed E-state index contributed by atoms with van der Waals surface area (Å²) in [5.41, 5.74) is 0.854. The van der Waals surface area contributed by atoms with Crippen molar-refractivity contribution in [3.8, 4) is 0 Å². The Kier molecular flexibility index (Phi) is 4.79. The van der Waals surface area contributed by atoms with E-state index in [1.807, 2.05) is 30.3 Å². The summed E-state index contributed by atoms with van der Waals surface area (Å²) >= 11 is 5.94.